The Hall–Kier alpha value is -1.61. The predicted molar refractivity (Wildman–Crippen MR) is 80.7 cm³/mol. The maximum absolute atomic E-state index is 5.22. The maximum atomic E-state index is 5.22. The highest BCUT2D eigenvalue weighted by atomic mass is 16.5. The lowest BCUT2D eigenvalue weighted by atomic mass is 10.0. The van der Waals surface area contributed by atoms with E-state index in [-0.39, 0.29) is 0 Å². The minimum atomic E-state index is 0.546. The molecule has 2 aromatic rings. The van der Waals surface area contributed by atoms with Crippen molar-refractivity contribution in [1.82, 2.24) is 4.98 Å². The van der Waals surface area contributed by atoms with Gasteiger partial charge in [0.25, 0.3) is 0 Å². The van der Waals surface area contributed by atoms with Crippen molar-refractivity contribution in [2.75, 3.05) is 19.0 Å². The average Bonchev–Trinajstić information content (AvgIpc) is 2.41. The van der Waals surface area contributed by atoms with E-state index < -0.39 is 0 Å². The number of hydrogen-bond donors (Lipinski definition) is 1. The van der Waals surface area contributed by atoms with Crippen molar-refractivity contribution in [2.45, 2.75) is 33.8 Å². The monoisotopic (exact) mass is 258 g/mol. The van der Waals surface area contributed by atoms with Crippen LogP contribution in [-0.4, -0.2) is 18.6 Å². The quantitative estimate of drug-likeness (QED) is 0.885. The van der Waals surface area contributed by atoms with E-state index in [1.54, 1.807) is 7.11 Å². The van der Waals surface area contributed by atoms with Crippen molar-refractivity contribution in [3.8, 4) is 0 Å². The zero-order chi connectivity index (χ0) is 13.8. The molecule has 0 radical (unpaired) electrons. The molecule has 0 amide bonds. The predicted octanol–water partition coefficient (Wildman–Crippen LogP) is 3.82. The van der Waals surface area contributed by atoms with Gasteiger partial charge in [-0.25, -0.2) is 4.98 Å². The number of methoxy groups -OCH3 is 1. The van der Waals surface area contributed by atoms with Crippen LogP contribution in [0.1, 0.15) is 30.2 Å². The minimum absolute atomic E-state index is 0.546. The second-order valence-corrected chi connectivity index (χ2v) is 4.92. The maximum Gasteiger partial charge on any atom is 0.0885 e. The Balaban J connectivity index is 2.60. The van der Waals surface area contributed by atoms with Gasteiger partial charge in [-0.15, -0.1) is 0 Å². The van der Waals surface area contributed by atoms with Crippen molar-refractivity contribution in [3.63, 3.8) is 0 Å². The van der Waals surface area contributed by atoms with Crippen molar-refractivity contribution in [1.29, 1.82) is 0 Å². The summed E-state index contributed by atoms with van der Waals surface area (Å²) in [5.41, 5.74) is 5.73. The van der Waals surface area contributed by atoms with Gasteiger partial charge in [0.1, 0.15) is 0 Å². The highest BCUT2D eigenvalue weighted by Crippen LogP contribution is 2.27. The molecule has 3 heteroatoms. The Morgan fingerprint density at radius 1 is 1.26 bits per heavy atom. The Labute approximate surface area is 115 Å². The molecule has 3 nitrogen and oxygen atoms in total. The zero-order valence-electron chi connectivity index (χ0n) is 12.2. The molecule has 0 unspecified atom stereocenters. The van der Waals surface area contributed by atoms with Crippen molar-refractivity contribution in [2.24, 2.45) is 0 Å². The van der Waals surface area contributed by atoms with Crippen molar-refractivity contribution >= 4 is 16.6 Å². The summed E-state index contributed by atoms with van der Waals surface area (Å²) < 4.78 is 5.22. The fourth-order valence-corrected chi connectivity index (χ4v) is 2.21. The molecule has 0 spiro atoms. The molecule has 1 aromatic heterocycles. The fraction of sp³-hybridized carbons (Fsp3) is 0.438. The summed E-state index contributed by atoms with van der Waals surface area (Å²) in [5, 5.41) is 4.68. The molecule has 0 saturated heterocycles. The summed E-state index contributed by atoms with van der Waals surface area (Å²) >= 11 is 0. The summed E-state index contributed by atoms with van der Waals surface area (Å²) in [6.45, 7) is 7.94. The Morgan fingerprint density at radius 2 is 2.05 bits per heavy atom. The number of ether oxygens (including phenoxy) is 1. The first-order valence-corrected chi connectivity index (χ1v) is 6.80. The lowest BCUT2D eigenvalue weighted by Crippen LogP contribution is -2.04. The van der Waals surface area contributed by atoms with E-state index in [2.05, 4.69) is 44.3 Å². The first kappa shape index (κ1) is 13.8. The summed E-state index contributed by atoms with van der Waals surface area (Å²) in [6, 6.07) is 6.40. The highest BCUT2D eigenvalue weighted by molar-refractivity contribution is 5.94. The van der Waals surface area contributed by atoms with Gasteiger partial charge in [0.15, 0.2) is 0 Å². The second kappa shape index (κ2) is 6.02. The molecule has 0 fully saturated rings. The van der Waals surface area contributed by atoms with Crippen LogP contribution < -0.4 is 5.32 Å². The number of benzene rings is 1. The molecule has 0 saturated carbocycles. The number of aromatic nitrogens is 1. The Bertz CT molecular complexity index is 578. The van der Waals surface area contributed by atoms with E-state index in [9.17, 15) is 0 Å². The van der Waals surface area contributed by atoms with Gasteiger partial charge in [-0.05, 0) is 37.5 Å². The second-order valence-electron chi connectivity index (χ2n) is 4.92. The Morgan fingerprint density at radius 3 is 2.74 bits per heavy atom. The van der Waals surface area contributed by atoms with Gasteiger partial charge in [-0.1, -0.05) is 19.1 Å². The van der Waals surface area contributed by atoms with E-state index in [0.717, 1.165) is 29.9 Å². The Kier molecular flexibility index (Phi) is 4.38. The van der Waals surface area contributed by atoms with Crippen LogP contribution in [0.5, 0.6) is 0 Å². The molecule has 102 valence electrons. The number of hydrogen-bond acceptors (Lipinski definition) is 3. The number of pyridine rings is 1. The molecule has 1 aromatic carbocycles. The number of nitrogens with zero attached hydrogens (tertiary/aromatic N) is 1. The molecule has 1 heterocycles. The van der Waals surface area contributed by atoms with Gasteiger partial charge in [0.2, 0.25) is 0 Å². The number of rotatable bonds is 5. The molecule has 2 rings (SSSR count). The topological polar surface area (TPSA) is 34.1 Å². The molecule has 0 aliphatic heterocycles. The number of fused-ring (bicyclic) bond motifs is 1. The third-order valence-corrected chi connectivity index (χ3v) is 3.42. The zero-order valence-corrected chi connectivity index (χ0v) is 12.2. The normalized spacial score (nSPS) is 10.9. The molecular weight excluding hydrogens is 236 g/mol. The summed E-state index contributed by atoms with van der Waals surface area (Å²) in [4.78, 5) is 4.73. The van der Waals surface area contributed by atoms with Gasteiger partial charge in [-0.3, -0.25) is 0 Å². The first-order valence-electron chi connectivity index (χ1n) is 6.80. The van der Waals surface area contributed by atoms with Gasteiger partial charge < -0.3 is 10.1 Å². The number of nitrogens with one attached hydrogen (secondary N) is 1. The van der Waals surface area contributed by atoms with Gasteiger partial charge in [-0.2, -0.15) is 0 Å². The smallest absolute Gasteiger partial charge is 0.0885 e. The lowest BCUT2D eigenvalue weighted by Gasteiger charge is -2.13. The highest BCUT2D eigenvalue weighted by Gasteiger charge is 2.09. The van der Waals surface area contributed by atoms with Crippen LogP contribution in [0.4, 0.5) is 5.69 Å². The van der Waals surface area contributed by atoms with Gasteiger partial charge >= 0.3 is 0 Å². The number of aryl methyl sites for hydroxylation is 2. The van der Waals surface area contributed by atoms with E-state index >= 15 is 0 Å². The van der Waals surface area contributed by atoms with Crippen LogP contribution in [0.2, 0.25) is 0 Å². The third-order valence-electron chi connectivity index (χ3n) is 3.42. The van der Waals surface area contributed by atoms with E-state index in [4.69, 9.17) is 9.72 Å². The number of anilines is 1. The molecular formula is C16H22N2O. The summed E-state index contributed by atoms with van der Waals surface area (Å²) in [7, 11) is 1.70. The van der Waals surface area contributed by atoms with Gasteiger partial charge in [0.05, 0.1) is 17.8 Å². The minimum Gasteiger partial charge on any atom is -0.384 e. The van der Waals surface area contributed by atoms with E-state index in [0.29, 0.717) is 6.61 Å². The SMILES string of the molecule is CCCNc1cc(COC)nc2c(C)c(C)ccc12. The van der Waals surface area contributed by atoms with Crippen LogP contribution in [0.3, 0.4) is 0 Å². The summed E-state index contributed by atoms with van der Waals surface area (Å²) in [5.74, 6) is 0. The van der Waals surface area contributed by atoms with Crippen LogP contribution in [0.25, 0.3) is 10.9 Å². The van der Waals surface area contributed by atoms with Gasteiger partial charge in [0, 0.05) is 24.7 Å². The van der Waals surface area contributed by atoms with Crippen molar-refractivity contribution in [3.05, 3.63) is 35.0 Å². The third kappa shape index (κ3) is 2.87. The fourth-order valence-electron chi connectivity index (χ4n) is 2.21. The molecule has 0 bridgehead atoms. The molecule has 0 aliphatic carbocycles. The average molecular weight is 258 g/mol. The van der Waals surface area contributed by atoms with E-state index in [1.807, 2.05) is 0 Å². The molecule has 0 aliphatic rings. The summed E-state index contributed by atoms with van der Waals surface area (Å²) in [6.07, 6.45) is 1.11. The van der Waals surface area contributed by atoms with Crippen LogP contribution in [-0.2, 0) is 11.3 Å². The largest absolute Gasteiger partial charge is 0.384 e. The lowest BCUT2D eigenvalue weighted by molar-refractivity contribution is 0.182. The van der Waals surface area contributed by atoms with Crippen LogP contribution in [0, 0.1) is 13.8 Å². The van der Waals surface area contributed by atoms with E-state index in [1.165, 1.54) is 16.5 Å². The molecule has 0 atom stereocenters. The standard InChI is InChI=1S/C16H22N2O/c1-5-8-17-15-9-13(10-19-4)18-16-12(3)11(2)6-7-14(15)16/h6-7,9H,5,8,10H2,1-4H3,(H,17,18). The van der Waals surface area contributed by atoms with Crippen LogP contribution in [0.15, 0.2) is 18.2 Å². The van der Waals surface area contributed by atoms with Crippen LogP contribution >= 0.6 is 0 Å². The molecule has 1 N–H and O–H groups in total. The van der Waals surface area contributed by atoms with Crippen molar-refractivity contribution < 1.29 is 4.74 Å². The first-order chi connectivity index (χ1) is 9.17. The molecule has 19 heavy (non-hydrogen) atoms.